The number of aliphatic hydroxyl groups excluding tert-OH is 2. The van der Waals surface area contributed by atoms with Crippen molar-refractivity contribution in [3.8, 4) is 0 Å². The molecule has 218 valence electrons. The van der Waals surface area contributed by atoms with Gasteiger partial charge in [-0.1, -0.05) is 20.8 Å². The standard InChI is InChI=1S/C31H53NO6/c1-18(8-11-26(35)37-7)21-9-10-22-28-23(16-25(34)31(21,22)6)30(5)13-12-20(14-19(30)15-24(28)33)32-17-27(36)38-29(2,3)4/h18-25,28,32-34H,8-17H2,1-7H3/t18?,19-,20-,21+,22?,23?,24+,25-,28?,30-,31+/m0/s1. The number of esters is 2. The molecule has 4 saturated carbocycles. The fourth-order valence-electron chi connectivity index (χ4n) is 9.59. The summed E-state index contributed by atoms with van der Waals surface area (Å²) < 4.78 is 10.3. The van der Waals surface area contributed by atoms with Gasteiger partial charge in [-0.25, -0.2) is 0 Å². The van der Waals surface area contributed by atoms with Gasteiger partial charge in [0.1, 0.15) is 5.60 Å². The number of nitrogens with one attached hydrogen (secondary N) is 1. The average molecular weight is 536 g/mol. The molecule has 4 unspecified atom stereocenters. The third-order valence-corrected chi connectivity index (χ3v) is 11.5. The summed E-state index contributed by atoms with van der Waals surface area (Å²) in [6, 6.07) is 0.245. The van der Waals surface area contributed by atoms with Crippen molar-refractivity contribution in [2.45, 2.75) is 123 Å². The second-order valence-corrected chi connectivity index (χ2v) is 14.6. The lowest BCUT2D eigenvalue weighted by Gasteiger charge is -2.63. The molecule has 0 amide bonds. The molecule has 38 heavy (non-hydrogen) atoms. The predicted octanol–water partition coefficient (Wildman–Crippen LogP) is 4.48. The molecule has 0 bridgehead atoms. The summed E-state index contributed by atoms with van der Waals surface area (Å²) in [6.45, 7) is 12.8. The molecule has 7 nitrogen and oxygen atoms in total. The van der Waals surface area contributed by atoms with Crippen LogP contribution in [0.25, 0.3) is 0 Å². The third kappa shape index (κ3) is 5.54. The first-order valence-electron chi connectivity index (χ1n) is 15.1. The summed E-state index contributed by atoms with van der Waals surface area (Å²) in [6.07, 6.45) is 7.08. The van der Waals surface area contributed by atoms with Gasteiger partial charge in [0.2, 0.25) is 0 Å². The minimum atomic E-state index is -0.485. The normalized spacial score (nSPS) is 43.4. The van der Waals surface area contributed by atoms with Gasteiger partial charge >= 0.3 is 11.9 Å². The maximum absolute atomic E-state index is 12.2. The number of ether oxygens (including phenoxy) is 2. The number of rotatable bonds is 7. The maximum atomic E-state index is 12.2. The van der Waals surface area contributed by atoms with Crippen molar-refractivity contribution < 1.29 is 29.3 Å². The SMILES string of the molecule is COC(=O)CCC(C)[C@H]1CCC2C3C(C[C@H](O)[C@@]21C)[C@@]1(C)CC[C@H](NCC(=O)OC(C)(C)C)C[C@H]1C[C@H]3O. The van der Waals surface area contributed by atoms with Crippen LogP contribution in [0.5, 0.6) is 0 Å². The summed E-state index contributed by atoms with van der Waals surface area (Å²) >= 11 is 0. The molecule has 7 heteroatoms. The third-order valence-electron chi connectivity index (χ3n) is 11.5. The quantitative estimate of drug-likeness (QED) is 0.413. The number of hydrogen-bond donors (Lipinski definition) is 3. The number of methoxy groups -OCH3 is 1. The summed E-state index contributed by atoms with van der Waals surface area (Å²) in [5, 5.41) is 26.8. The molecule has 0 aromatic heterocycles. The summed E-state index contributed by atoms with van der Waals surface area (Å²) in [7, 11) is 1.44. The molecule has 4 aliphatic carbocycles. The molecular weight excluding hydrogens is 482 g/mol. The molecule has 0 aromatic rings. The largest absolute Gasteiger partial charge is 0.469 e. The van der Waals surface area contributed by atoms with Gasteiger partial charge in [-0.2, -0.15) is 0 Å². The highest BCUT2D eigenvalue weighted by Gasteiger charge is 2.65. The molecule has 0 spiro atoms. The molecular formula is C31H53NO6. The molecule has 4 rings (SSSR count). The molecule has 3 N–H and O–H groups in total. The Hall–Kier alpha value is -1.18. The highest BCUT2D eigenvalue weighted by atomic mass is 16.6. The minimum Gasteiger partial charge on any atom is -0.469 e. The first kappa shape index (κ1) is 29.8. The van der Waals surface area contributed by atoms with Gasteiger partial charge in [-0.15, -0.1) is 0 Å². The molecule has 0 saturated heterocycles. The second-order valence-electron chi connectivity index (χ2n) is 14.6. The first-order chi connectivity index (χ1) is 17.7. The number of fused-ring (bicyclic) bond motifs is 5. The van der Waals surface area contributed by atoms with Crippen LogP contribution in [0.3, 0.4) is 0 Å². The Morgan fingerprint density at radius 2 is 1.74 bits per heavy atom. The van der Waals surface area contributed by atoms with Gasteiger partial charge in [0, 0.05) is 12.5 Å². The Labute approximate surface area is 229 Å². The number of carbonyl (C=O) groups is 2. The Kier molecular flexibility index (Phi) is 8.63. The van der Waals surface area contributed by atoms with Crippen molar-refractivity contribution in [2.24, 2.45) is 46.3 Å². The van der Waals surface area contributed by atoms with E-state index in [4.69, 9.17) is 9.47 Å². The van der Waals surface area contributed by atoms with Crippen molar-refractivity contribution in [1.29, 1.82) is 0 Å². The van der Waals surface area contributed by atoms with E-state index in [2.05, 4.69) is 26.1 Å². The average Bonchev–Trinajstić information content (AvgIpc) is 3.19. The van der Waals surface area contributed by atoms with Gasteiger partial charge in [0.05, 0.1) is 25.9 Å². The topological polar surface area (TPSA) is 105 Å². The summed E-state index contributed by atoms with van der Waals surface area (Å²) in [5.41, 5.74) is -0.626. The van der Waals surface area contributed by atoms with Gasteiger partial charge in [0.15, 0.2) is 0 Å². The second kappa shape index (κ2) is 11.0. The van der Waals surface area contributed by atoms with Crippen LogP contribution in [-0.2, 0) is 19.1 Å². The summed E-state index contributed by atoms with van der Waals surface area (Å²) in [5.74, 6) is 1.48. The number of carbonyl (C=O) groups excluding carboxylic acids is 2. The van der Waals surface area contributed by atoms with Crippen LogP contribution in [0.2, 0.25) is 0 Å². The van der Waals surface area contributed by atoms with E-state index in [9.17, 15) is 19.8 Å². The van der Waals surface area contributed by atoms with Crippen LogP contribution >= 0.6 is 0 Å². The van der Waals surface area contributed by atoms with Crippen molar-refractivity contribution >= 4 is 11.9 Å². The maximum Gasteiger partial charge on any atom is 0.320 e. The zero-order valence-electron chi connectivity index (χ0n) is 24.8. The fourth-order valence-corrected chi connectivity index (χ4v) is 9.59. The smallest absolute Gasteiger partial charge is 0.320 e. The predicted molar refractivity (Wildman–Crippen MR) is 146 cm³/mol. The molecule has 4 aliphatic rings. The molecule has 0 radical (unpaired) electrons. The van der Waals surface area contributed by atoms with E-state index < -0.39 is 11.7 Å². The highest BCUT2D eigenvalue weighted by Crippen LogP contribution is 2.68. The van der Waals surface area contributed by atoms with Gasteiger partial charge < -0.3 is 25.0 Å². The Morgan fingerprint density at radius 3 is 2.39 bits per heavy atom. The number of aliphatic hydroxyl groups is 2. The molecule has 11 atom stereocenters. The van der Waals surface area contributed by atoms with E-state index >= 15 is 0 Å². The van der Waals surface area contributed by atoms with Crippen molar-refractivity contribution in [3.63, 3.8) is 0 Å². The monoisotopic (exact) mass is 535 g/mol. The van der Waals surface area contributed by atoms with Crippen molar-refractivity contribution in [3.05, 3.63) is 0 Å². The first-order valence-corrected chi connectivity index (χ1v) is 15.1. The lowest BCUT2D eigenvalue weighted by atomic mass is 9.43. The van der Waals surface area contributed by atoms with Crippen LogP contribution in [0.15, 0.2) is 0 Å². The lowest BCUT2D eigenvalue weighted by molar-refractivity contribution is -0.202. The van der Waals surface area contributed by atoms with E-state index in [1.54, 1.807) is 0 Å². The Balaban J connectivity index is 1.44. The van der Waals surface area contributed by atoms with Crippen LogP contribution in [0.4, 0.5) is 0 Å². The van der Waals surface area contributed by atoms with Crippen LogP contribution in [-0.4, -0.2) is 59.7 Å². The van der Waals surface area contributed by atoms with Gasteiger partial charge in [0.25, 0.3) is 0 Å². The zero-order valence-corrected chi connectivity index (χ0v) is 24.8. The summed E-state index contributed by atoms with van der Waals surface area (Å²) in [4.78, 5) is 24.0. The van der Waals surface area contributed by atoms with E-state index in [0.717, 1.165) is 51.4 Å². The molecule has 0 heterocycles. The van der Waals surface area contributed by atoms with E-state index in [1.165, 1.54) is 7.11 Å². The molecule has 4 fully saturated rings. The van der Waals surface area contributed by atoms with Crippen molar-refractivity contribution in [2.75, 3.05) is 13.7 Å². The van der Waals surface area contributed by atoms with Crippen LogP contribution < -0.4 is 5.32 Å². The zero-order chi connectivity index (χ0) is 28.0. The fraction of sp³-hybridized carbons (Fsp3) is 0.935. The van der Waals surface area contributed by atoms with Gasteiger partial charge in [-0.05, 0) is 118 Å². The van der Waals surface area contributed by atoms with Crippen LogP contribution in [0, 0.1) is 46.3 Å². The molecule has 0 aliphatic heterocycles. The van der Waals surface area contributed by atoms with Crippen molar-refractivity contribution in [1.82, 2.24) is 5.32 Å². The van der Waals surface area contributed by atoms with E-state index in [-0.39, 0.29) is 47.4 Å². The number of hydrogen-bond acceptors (Lipinski definition) is 7. The van der Waals surface area contributed by atoms with E-state index in [1.807, 2.05) is 20.8 Å². The van der Waals surface area contributed by atoms with Crippen LogP contribution in [0.1, 0.15) is 99.3 Å². The van der Waals surface area contributed by atoms with E-state index in [0.29, 0.717) is 36.0 Å². The van der Waals surface area contributed by atoms with Gasteiger partial charge in [-0.3, -0.25) is 9.59 Å². The molecule has 0 aromatic carbocycles. The Bertz CT molecular complexity index is 871. The minimum absolute atomic E-state index is 0.0882. The lowest BCUT2D eigenvalue weighted by Crippen LogP contribution is -2.63. The Morgan fingerprint density at radius 1 is 1.03 bits per heavy atom. The highest BCUT2D eigenvalue weighted by molar-refractivity contribution is 5.72.